The van der Waals surface area contributed by atoms with E-state index in [1.54, 1.807) is 18.2 Å². The third-order valence-corrected chi connectivity index (χ3v) is 4.55. The second-order valence-corrected chi connectivity index (χ2v) is 7.10. The molecule has 2 amide bonds. The summed E-state index contributed by atoms with van der Waals surface area (Å²) in [5, 5.41) is 2.68. The third kappa shape index (κ3) is 4.28. The number of carbonyl (C=O) groups excluding carboxylic acids is 2. The molecule has 0 saturated carbocycles. The fourth-order valence-corrected chi connectivity index (χ4v) is 3.14. The van der Waals surface area contributed by atoms with Crippen LogP contribution >= 0.6 is 12.2 Å². The minimum Gasteiger partial charge on any atom is -0.491 e. The van der Waals surface area contributed by atoms with Crippen molar-refractivity contribution >= 4 is 40.9 Å². The normalized spacial score (nSPS) is 15.9. The van der Waals surface area contributed by atoms with Crippen molar-refractivity contribution in [2.45, 2.75) is 33.3 Å². The van der Waals surface area contributed by atoms with Crippen LogP contribution in [-0.4, -0.2) is 23.0 Å². The van der Waals surface area contributed by atoms with Gasteiger partial charge < -0.3 is 4.74 Å². The largest absolute Gasteiger partial charge is 0.491 e. The van der Waals surface area contributed by atoms with E-state index >= 15 is 0 Å². The number of nitrogens with zero attached hydrogens (tertiary/aromatic N) is 1. The lowest BCUT2D eigenvalue weighted by molar-refractivity contribution is -0.122. The summed E-state index contributed by atoms with van der Waals surface area (Å²) in [5.74, 6) is -0.213. The van der Waals surface area contributed by atoms with Crippen LogP contribution in [0.25, 0.3) is 6.08 Å². The molecule has 1 aliphatic heterocycles. The molecule has 1 fully saturated rings. The second kappa shape index (κ2) is 8.35. The number of aryl methyl sites for hydroxylation is 1. The summed E-state index contributed by atoms with van der Waals surface area (Å²) in [6.45, 7) is 5.96. The smallest absolute Gasteiger partial charge is 0.270 e. The first-order valence-electron chi connectivity index (χ1n) is 9.16. The lowest BCUT2D eigenvalue weighted by Gasteiger charge is -2.29. The van der Waals surface area contributed by atoms with E-state index in [9.17, 15) is 9.59 Å². The Morgan fingerprint density at radius 1 is 1.07 bits per heavy atom. The van der Waals surface area contributed by atoms with Gasteiger partial charge in [0.25, 0.3) is 11.8 Å². The second-order valence-electron chi connectivity index (χ2n) is 6.71. The van der Waals surface area contributed by atoms with Gasteiger partial charge in [-0.25, -0.2) is 0 Å². The maximum Gasteiger partial charge on any atom is 0.270 e. The first-order valence-corrected chi connectivity index (χ1v) is 9.57. The van der Waals surface area contributed by atoms with Gasteiger partial charge in [-0.05, 0) is 74.0 Å². The Balaban J connectivity index is 1.89. The SMILES string of the molecule is CCc1ccc(N2C(=O)C(=Cc3ccc(OC(C)C)cc3)C(=O)NC2=S)cc1. The van der Waals surface area contributed by atoms with Crippen molar-refractivity contribution in [3.63, 3.8) is 0 Å². The lowest BCUT2D eigenvalue weighted by atomic mass is 10.1. The van der Waals surface area contributed by atoms with E-state index in [0.29, 0.717) is 5.69 Å². The highest BCUT2D eigenvalue weighted by molar-refractivity contribution is 7.80. The van der Waals surface area contributed by atoms with Crippen LogP contribution in [-0.2, 0) is 16.0 Å². The van der Waals surface area contributed by atoms with Crippen LogP contribution in [0.2, 0.25) is 0 Å². The number of amides is 2. The minimum absolute atomic E-state index is 0.0331. The molecule has 0 atom stereocenters. The summed E-state index contributed by atoms with van der Waals surface area (Å²) >= 11 is 5.23. The van der Waals surface area contributed by atoms with E-state index < -0.39 is 11.8 Å². The van der Waals surface area contributed by atoms with E-state index in [4.69, 9.17) is 17.0 Å². The van der Waals surface area contributed by atoms with Gasteiger partial charge in [-0.3, -0.25) is 19.8 Å². The Morgan fingerprint density at radius 2 is 1.71 bits per heavy atom. The summed E-state index contributed by atoms with van der Waals surface area (Å²) in [7, 11) is 0. The number of anilines is 1. The van der Waals surface area contributed by atoms with Crippen molar-refractivity contribution in [1.82, 2.24) is 5.32 Å². The molecule has 28 heavy (non-hydrogen) atoms. The number of carbonyl (C=O) groups is 2. The molecule has 0 spiro atoms. The molecule has 144 valence electrons. The molecule has 1 heterocycles. The van der Waals surface area contributed by atoms with Crippen molar-refractivity contribution in [3.8, 4) is 5.75 Å². The molecule has 0 radical (unpaired) electrons. The average Bonchev–Trinajstić information content (AvgIpc) is 2.66. The van der Waals surface area contributed by atoms with Gasteiger partial charge in [0.2, 0.25) is 0 Å². The zero-order valence-electron chi connectivity index (χ0n) is 16.1. The van der Waals surface area contributed by atoms with Crippen molar-refractivity contribution in [2.24, 2.45) is 0 Å². The van der Waals surface area contributed by atoms with Crippen LogP contribution in [0.15, 0.2) is 54.1 Å². The van der Waals surface area contributed by atoms with Crippen molar-refractivity contribution < 1.29 is 14.3 Å². The molecule has 0 aromatic heterocycles. The summed E-state index contributed by atoms with van der Waals surface area (Å²) in [5.41, 5.74) is 2.54. The Bertz CT molecular complexity index is 931. The maximum absolute atomic E-state index is 13.0. The molecule has 2 aromatic rings. The molecule has 6 heteroatoms. The highest BCUT2D eigenvalue weighted by atomic mass is 32.1. The van der Waals surface area contributed by atoms with Gasteiger partial charge >= 0.3 is 0 Å². The average molecular weight is 394 g/mol. The van der Waals surface area contributed by atoms with Crippen molar-refractivity contribution in [1.29, 1.82) is 0 Å². The highest BCUT2D eigenvalue weighted by Crippen LogP contribution is 2.23. The van der Waals surface area contributed by atoms with Gasteiger partial charge in [0.1, 0.15) is 11.3 Å². The molecule has 1 N–H and O–H groups in total. The van der Waals surface area contributed by atoms with Gasteiger partial charge in [-0.1, -0.05) is 31.2 Å². The Hall–Kier alpha value is -2.99. The van der Waals surface area contributed by atoms with Crippen LogP contribution in [0, 0.1) is 0 Å². The van der Waals surface area contributed by atoms with Gasteiger partial charge in [0, 0.05) is 0 Å². The lowest BCUT2D eigenvalue weighted by Crippen LogP contribution is -2.54. The zero-order chi connectivity index (χ0) is 20.3. The van der Waals surface area contributed by atoms with Crippen LogP contribution in [0.3, 0.4) is 0 Å². The van der Waals surface area contributed by atoms with Crippen molar-refractivity contribution in [2.75, 3.05) is 4.90 Å². The number of hydrogen-bond donors (Lipinski definition) is 1. The van der Waals surface area contributed by atoms with E-state index in [1.165, 1.54) is 4.90 Å². The number of benzene rings is 2. The predicted molar refractivity (Wildman–Crippen MR) is 114 cm³/mol. The van der Waals surface area contributed by atoms with E-state index in [1.807, 2.05) is 50.2 Å². The van der Waals surface area contributed by atoms with Crippen LogP contribution in [0.5, 0.6) is 5.75 Å². The van der Waals surface area contributed by atoms with E-state index in [2.05, 4.69) is 12.2 Å². The van der Waals surface area contributed by atoms with Gasteiger partial charge in [-0.15, -0.1) is 0 Å². The van der Waals surface area contributed by atoms with Crippen LogP contribution in [0.1, 0.15) is 31.9 Å². The van der Waals surface area contributed by atoms with Crippen molar-refractivity contribution in [3.05, 3.63) is 65.2 Å². The maximum atomic E-state index is 13.0. The Morgan fingerprint density at radius 3 is 2.29 bits per heavy atom. The van der Waals surface area contributed by atoms with Gasteiger partial charge in [0.15, 0.2) is 5.11 Å². The number of ether oxygens (including phenoxy) is 1. The summed E-state index contributed by atoms with van der Waals surface area (Å²) in [6.07, 6.45) is 2.53. The molecular formula is C22H22N2O3S. The topological polar surface area (TPSA) is 58.6 Å². The van der Waals surface area contributed by atoms with Gasteiger partial charge in [-0.2, -0.15) is 0 Å². The summed E-state index contributed by atoms with van der Waals surface area (Å²) in [6, 6.07) is 14.8. The molecule has 0 aliphatic carbocycles. The first kappa shape index (κ1) is 19.8. The third-order valence-electron chi connectivity index (χ3n) is 4.27. The van der Waals surface area contributed by atoms with Gasteiger partial charge in [0.05, 0.1) is 11.8 Å². The van der Waals surface area contributed by atoms with Crippen LogP contribution < -0.4 is 15.0 Å². The Kier molecular flexibility index (Phi) is 5.90. The quantitative estimate of drug-likeness (QED) is 0.475. The highest BCUT2D eigenvalue weighted by Gasteiger charge is 2.34. The van der Waals surface area contributed by atoms with E-state index in [0.717, 1.165) is 23.3 Å². The summed E-state index contributed by atoms with van der Waals surface area (Å²) in [4.78, 5) is 26.7. The number of rotatable bonds is 5. The number of hydrogen-bond acceptors (Lipinski definition) is 4. The molecule has 1 aliphatic rings. The molecule has 5 nitrogen and oxygen atoms in total. The number of nitrogens with one attached hydrogen (secondary N) is 1. The Labute approximate surface area is 170 Å². The van der Waals surface area contributed by atoms with E-state index in [-0.39, 0.29) is 16.8 Å². The zero-order valence-corrected chi connectivity index (χ0v) is 16.9. The van der Waals surface area contributed by atoms with Crippen LogP contribution in [0.4, 0.5) is 5.69 Å². The summed E-state index contributed by atoms with van der Waals surface area (Å²) < 4.78 is 5.62. The molecule has 0 unspecified atom stereocenters. The minimum atomic E-state index is -0.501. The molecular weight excluding hydrogens is 372 g/mol. The number of thiocarbonyl (C=S) groups is 1. The fourth-order valence-electron chi connectivity index (χ4n) is 2.85. The fraction of sp³-hybridized carbons (Fsp3) is 0.227. The monoisotopic (exact) mass is 394 g/mol. The molecule has 1 saturated heterocycles. The standard InChI is InChI=1S/C22H22N2O3S/c1-4-15-5-9-17(10-6-15)24-21(26)19(20(25)23-22(24)28)13-16-7-11-18(12-8-16)27-14(2)3/h5-14H,4H2,1-3H3,(H,23,25,28). The predicted octanol–water partition coefficient (Wildman–Crippen LogP) is 3.87. The molecule has 2 aromatic carbocycles. The molecule has 3 rings (SSSR count). The molecule has 0 bridgehead atoms. The first-order chi connectivity index (χ1) is 13.4.